The molecule has 0 spiro atoms. The summed E-state index contributed by atoms with van der Waals surface area (Å²) in [5.74, 6) is 3.34. The van der Waals surface area contributed by atoms with E-state index in [1.54, 1.807) is 20.4 Å². The highest BCUT2D eigenvalue weighted by molar-refractivity contribution is 5.66. The van der Waals surface area contributed by atoms with Crippen molar-refractivity contribution in [3.63, 3.8) is 0 Å². The number of carbonyl (C=O) groups excluding carboxylic acids is 1. The van der Waals surface area contributed by atoms with Crippen molar-refractivity contribution in [3.8, 4) is 22.8 Å². The molecule has 0 radical (unpaired) electrons. The molecule has 8 heteroatoms. The molecule has 1 N–H and O–H groups in total. The number of hydrogen-bond donors (Lipinski definition) is 1. The molecular formula is C26H33N5O3. The third-order valence-electron chi connectivity index (χ3n) is 5.48. The molecule has 1 unspecified atom stereocenters. The predicted molar refractivity (Wildman–Crippen MR) is 134 cm³/mol. The average Bonchev–Trinajstić information content (AvgIpc) is 2.89. The minimum absolute atomic E-state index is 0.306. The number of nitrogens with zero attached hydrogens (tertiary/aromatic N) is 4. The van der Waals surface area contributed by atoms with Crippen LogP contribution in [0.4, 0.5) is 11.5 Å². The molecule has 1 aliphatic heterocycles. The number of ether oxygens (including phenoxy) is 2. The minimum atomic E-state index is 0.306. The second-order valence-electron chi connectivity index (χ2n) is 8.14. The molecule has 8 nitrogen and oxygen atoms in total. The molecule has 0 bridgehead atoms. The smallest absolute Gasteiger partial charge is 0.135 e. The maximum absolute atomic E-state index is 9.17. The van der Waals surface area contributed by atoms with E-state index in [1.165, 1.54) is 0 Å². The van der Waals surface area contributed by atoms with Crippen LogP contribution in [-0.4, -0.2) is 60.5 Å². The zero-order valence-corrected chi connectivity index (χ0v) is 20.3. The first kappa shape index (κ1) is 25.1. The molecule has 3 aromatic rings. The number of aldehydes is 1. The van der Waals surface area contributed by atoms with Crippen LogP contribution in [0.5, 0.6) is 11.5 Å². The number of hydrogen-bond acceptors (Lipinski definition) is 8. The molecular weight excluding hydrogens is 430 g/mol. The van der Waals surface area contributed by atoms with Crippen LogP contribution in [0, 0.1) is 0 Å². The molecule has 0 amide bonds. The van der Waals surface area contributed by atoms with Gasteiger partial charge in [-0.2, -0.15) is 0 Å². The quantitative estimate of drug-likeness (QED) is 0.504. The van der Waals surface area contributed by atoms with Crippen LogP contribution in [0.3, 0.4) is 0 Å². The van der Waals surface area contributed by atoms with E-state index in [0.717, 1.165) is 60.8 Å². The third kappa shape index (κ3) is 6.99. The van der Waals surface area contributed by atoms with Crippen molar-refractivity contribution in [2.75, 3.05) is 39.7 Å². The van der Waals surface area contributed by atoms with Gasteiger partial charge < -0.3 is 24.5 Å². The lowest BCUT2D eigenvalue weighted by Gasteiger charge is -2.29. The van der Waals surface area contributed by atoms with Gasteiger partial charge >= 0.3 is 0 Å². The van der Waals surface area contributed by atoms with Crippen molar-refractivity contribution in [1.82, 2.24) is 19.9 Å². The van der Waals surface area contributed by atoms with Crippen LogP contribution >= 0.6 is 0 Å². The SMILES string of the molecule is CCC=O.COc1cc(Nc2cc(-c3cccnc3)nc(C3CCCN(C)C3)n2)cc(OC)c1. The summed E-state index contributed by atoms with van der Waals surface area (Å²) in [6.45, 7) is 3.89. The highest BCUT2D eigenvalue weighted by atomic mass is 16.5. The van der Waals surface area contributed by atoms with Gasteiger partial charge in [-0.05, 0) is 38.6 Å². The summed E-state index contributed by atoms with van der Waals surface area (Å²) in [7, 11) is 5.43. The van der Waals surface area contributed by atoms with E-state index in [-0.39, 0.29) is 0 Å². The third-order valence-corrected chi connectivity index (χ3v) is 5.48. The van der Waals surface area contributed by atoms with Gasteiger partial charge in [0.1, 0.15) is 29.4 Å². The maximum Gasteiger partial charge on any atom is 0.135 e. The normalized spacial score (nSPS) is 15.6. The Balaban J connectivity index is 0.000000751. The summed E-state index contributed by atoms with van der Waals surface area (Å²) in [6.07, 6.45) is 7.35. The Labute approximate surface area is 201 Å². The first-order valence-electron chi connectivity index (χ1n) is 11.5. The van der Waals surface area contributed by atoms with Crippen LogP contribution < -0.4 is 14.8 Å². The number of methoxy groups -OCH3 is 2. The molecule has 2 aromatic heterocycles. The Morgan fingerprint density at radius 3 is 2.47 bits per heavy atom. The van der Waals surface area contributed by atoms with Crippen molar-refractivity contribution in [2.45, 2.75) is 32.1 Å². The summed E-state index contributed by atoms with van der Waals surface area (Å²) in [5, 5.41) is 3.41. The number of benzene rings is 1. The highest BCUT2D eigenvalue weighted by Crippen LogP contribution is 2.31. The van der Waals surface area contributed by atoms with E-state index in [2.05, 4.69) is 22.2 Å². The first-order valence-corrected chi connectivity index (χ1v) is 11.5. The fourth-order valence-corrected chi connectivity index (χ4v) is 3.78. The maximum atomic E-state index is 9.17. The van der Waals surface area contributed by atoms with E-state index in [4.69, 9.17) is 19.4 Å². The van der Waals surface area contributed by atoms with Crippen molar-refractivity contribution < 1.29 is 14.3 Å². The Bertz CT molecular complexity index is 1040. The van der Waals surface area contributed by atoms with Gasteiger partial charge in [-0.1, -0.05) is 6.92 Å². The Kier molecular flexibility index (Phi) is 9.34. The van der Waals surface area contributed by atoms with Crippen LogP contribution in [0.15, 0.2) is 48.8 Å². The van der Waals surface area contributed by atoms with E-state index < -0.39 is 0 Å². The fraction of sp³-hybridized carbons (Fsp3) is 0.385. The summed E-state index contributed by atoms with van der Waals surface area (Å²) >= 11 is 0. The molecule has 34 heavy (non-hydrogen) atoms. The van der Waals surface area contributed by atoms with E-state index >= 15 is 0 Å². The van der Waals surface area contributed by atoms with Gasteiger partial charge in [0, 0.05) is 66.8 Å². The van der Waals surface area contributed by atoms with Crippen LogP contribution in [0.1, 0.15) is 37.9 Å². The fourth-order valence-electron chi connectivity index (χ4n) is 3.78. The molecule has 1 atom stereocenters. The summed E-state index contributed by atoms with van der Waals surface area (Å²) in [5.41, 5.74) is 2.67. The lowest BCUT2D eigenvalue weighted by atomic mass is 9.97. The van der Waals surface area contributed by atoms with E-state index in [9.17, 15) is 4.79 Å². The number of aromatic nitrogens is 3. The number of nitrogens with one attached hydrogen (secondary N) is 1. The molecule has 0 aliphatic carbocycles. The van der Waals surface area contributed by atoms with Gasteiger partial charge in [-0.3, -0.25) is 4.98 Å². The molecule has 180 valence electrons. The van der Waals surface area contributed by atoms with Crippen LogP contribution in [0.2, 0.25) is 0 Å². The molecule has 1 fully saturated rings. The van der Waals surface area contributed by atoms with Crippen LogP contribution in [0.25, 0.3) is 11.3 Å². The largest absolute Gasteiger partial charge is 0.497 e. The number of carbonyl (C=O) groups is 1. The average molecular weight is 464 g/mol. The van der Waals surface area contributed by atoms with E-state index in [0.29, 0.717) is 23.8 Å². The minimum Gasteiger partial charge on any atom is -0.497 e. The van der Waals surface area contributed by atoms with Crippen molar-refractivity contribution in [1.29, 1.82) is 0 Å². The standard InChI is InChI=1S/C23H27N5O2.C3H6O/c1-28-9-5-7-17(15-28)23-26-21(16-6-4-8-24-14-16)13-22(27-23)25-18-10-19(29-2)12-20(11-18)30-3;1-2-3-4/h4,6,8,10-14,17H,5,7,9,15H2,1-3H3,(H,25,26,27);3H,2H2,1H3. The molecule has 1 aliphatic rings. The second kappa shape index (κ2) is 12.6. The number of rotatable bonds is 7. The van der Waals surface area contributed by atoms with Gasteiger partial charge in [-0.15, -0.1) is 0 Å². The highest BCUT2D eigenvalue weighted by Gasteiger charge is 2.22. The summed E-state index contributed by atoms with van der Waals surface area (Å²) < 4.78 is 10.8. The summed E-state index contributed by atoms with van der Waals surface area (Å²) in [6, 6.07) is 11.6. The van der Waals surface area contributed by atoms with Crippen molar-refractivity contribution in [2.24, 2.45) is 0 Å². The molecule has 1 saturated heterocycles. The van der Waals surface area contributed by atoms with Gasteiger partial charge in [0.05, 0.1) is 19.9 Å². The topological polar surface area (TPSA) is 89.5 Å². The van der Waals surface area contributed by atoms with Crippen LogP contribution in [-0.2, 0) is 4.79 Å². The molecule has 4 rings (SSSR count). The first-order chi connectivity index (χ1) is 16.6. The van der Waals surface area contributed by atoms with E-state index in [1.807, 2.05) is 49.5 Å². The zero-order chi connectivity index (χ0) is 24.3. The van der Waals surface area contributed by atoms with Gasteiger partial charge in [-0.25, -0.2) is 9.97 Å². The zero-order valence-electron chi connectivity index (χ0n) is 20.3. The van der Waals surface area contributed by atoms with Gasteiger partial charge in [0.2, 0.25) is 0 Å². The lowest BCUT2D eigenvalue weighted by molar-refractivity contribution is -0.107. The Hall–Kier alpha value is -3.52. The Morgan fingerprint density at radius 2 is 1.88 bits per heavy atom. The number of likely N-dealkylation sites (tertiary alicyclic amines) is 1. The Morgan fingerprint density at radius 1 is 1.15 bits per heavy atom. The lowest BCUT2D eigenvalue weighted by Crippen LogP contribution is -2.31. The number of likely N-dealkylation sites (N-methyl/N-ethyl adjacent to an activating group) is 1. The predicted octanol–water partition coefficient (Wildman–Crippen LogP) is 4.70. The van der Waals surface area contributed by atoms with Gasteiger partial charge in [0.15, 0.2) is 0 Å². The number of piperidine rings is 1. The monoisotopic (exact) mass is 463 g/mol. The number of anilines is 2. The molecule has 3 heterocycles. The summed E-state index contributed by atoms with van der Waals surface area (Å²) in [4.78, 5) is 25.5. The van der Waals surface area contributed by atoms with Crippen molar-refractivity contribution >= 4 is 17.8 Å². The second-order valence-corrected chi connectivity index (χ2v) is 8.14. The number of pyridine rings is 1. The van der Waals surface area contributed by atoms with Gasteiger partial charge in [0.25, 0.3) is 0 Å². The van der Waals surface area contributed by atoms with Crippen molar-refractivity contribution in [3.05, 3.63) is 54.6 Å². The molecule has 1 aromatic carbocycles. The molecule has 0 saturated carbocycles.